The van der Waals surface area contributed by atoms with Crippen LogP contribution >= 0.6 is 23.2 Å². The molecule has 0 heterocycles. The number of hydrogen-bond donors (Lipinski definition) is 2. The van der Waals surface area contributed by atoms with Crippen molar-refractivity contribution in [3.63, 3.8) is 0 Å². The number of benzene rings is 2. The van der Waals surface area contributed by atoms with Crippen molar-refractivity contribution < 1.29 is 13.9 Å². The summed E-state index contributed by atoms with van der Waals surface area (Å²) in [6.45, 7) is 3.50. The zero-order valence-electron chi connectivity index (χ0n) is 14.1. The maximum Gasteiger partial charge on any atom is 0.241 e. The number of nitrogens with one attached hydrogen (secondary N) is 2. The Morgan fingerprint density at radius 3 is 2.52 bits per heavy atom. The summed E-state index contributed by atoms with van der Waals surface area (Å²) in [4.78, 5) is 12.4. The van der Waals surface area contributed by atoms with Crippen molar-refractivity contribution in [3.8, 4) is 5.75 Å². The third-order valence-electron chi connectivity index (χ3n) is 3.76. The van der Waals surface area contributed by atoms with Gasteiger partial charge in [-0.05, 0) is 43.7 Å². The van der Waals surface area contributed by atoms with Gasteiger partial charge in [0, 0.05) is 11.1 Å². The Morgan fingerprint density at radius 1 is 1.16 bits per heavy atom. The summed E-state index contributed by atoms with van der Waals surface area (Å²) < 4.78 is 18.9. The molecule has 0 fully saturated rings. The molecule has 0 aromatic heterocycles. The molecule has 2 aromatic carbocycles. The number of amides is 1. The number of halogens is 3. The van der Waals surface area contributed by atoms with E-state index in [4.69, 9.17) is 27.9 Å². The number of carbonyl (C=O) groups excluding carboxylic acids is 1. The van der Waals surface area contributed by atoms with Gasteiger partial charge < -0.3 is 10.1 Å². The number of ether oxygens (including phenoxy) is 1. The molecule has 0 radical (unpaired) electrons. The van der Waals surface area contributed by atoms with E-state index < -0.39 is 11.9 Å². The number of hydrogen-bond acceptors (Lipinski definition) is 3. The molecule has 0 saturated carbocycles. The van der Waals surface area contributed by atoms with Crippen molar-refractivity contribution in [2.24, 2.45) is 0 Å². The summed E-state index contributed by atoms with van der Waals surface area (Å²) in [5.41, 5.74) is 1.10. The van der Waals surface area contributed by atoms with E-state index in [9.17, 15) is 9.18 Å². The summed E-state index contributed by atoms with van der Waals surface area (Å²) in [6, 6.07) is 8.85. The van der Waals surface area contributed by atoms with Crippen LogP contribution in [0.2, 0.25) is 10.0 Å². The van der Waals surface area contributed by atoms with Gasteiger partial charge in [-0.3, -0.25) is 10.1 Å². The first-order chi connectivity index (χ1) is 11.8. The van der Waals surface area contributed by atoms with Crippen LogP contribution in [0.1, 0.15) is 25.5 Å². The van der Waals surface area contributed by atoms with Crippen molar-refractivity contribution in [2.45, 2.75) is 25.9 Å². The molecule has 4 nitrogen and oxygen atoms in total. The molecule has 0 aliphatic heterocycles. The number of rotatable bonds is 6. The molecule has 0 unspecified atom stereocenters. The molecular formula is C18H19Cl2FN2O2. The molecule has 7 heteroatoms. The van der Waals surface area contributed by atoms with Gasteiger partial charge in [-0.25, -0.2) is 4.39 Å². The van der Waals surface area contributed by atoms with Crippen LogP contribution in [0.4, 0.5) is 10.1 Å². The van der Waals surface area contributed by atoms with Crippen LogP contribution in [0.5, 0.6) is 5.75 Å². The highest BCUT2D eigenvalue weighted by Gasteiger charge is 2.20. The molecule has 1 amide bonds. The summed E-state index contributed by atoms with van der Waals surface area (Å²) >= 11 is 11.8. The van der Waals surface area contributed by atoms with E-state index in [1.165, 1.54) is 19.2 Å². The number of anilines is 1. The highest BCUT2D eigenvalue weighted by molar-refractivity contribution is 6.35. The predicted molar refractivity (Wildman–Crippen MR) is 99.1 cm³/mol. The fourth-order valence-corrected chi connectivity index (χ4v) is 2.95. The van der Waals surface area contributed by atoms with Crippen LogP contribution in [0, 0.1) is 5.82 Å². The highest BCUT2D eigenvalue weighted by Crippen LogP contribution is 2.29. The standard InChI is InChI=1S/C18H19Cl2FN2O2/c1-10(12-8-15(21)14(20)9-13(12)19)22-11(2)18(24)23-16-6-4-5-7-17(16)25-3/h4-11,22H,1-3H3,(H,23,24)/t10-,11+/m0/s1. The van der Waals surface area contributed by atoms with Gasteiger partial charge in [-0.2, -0.15) is 0 Å². The minimum atomic E-state index is -0.555. The van der Waals surface area contributed by atoms with E-state index in [1.54, 1.807) is 32.0 Å². The average molecular weight is 385 g/mol. The minimum Gasteiger partial charge on any atom is -0.495 e. The smallest absolute Gasteiger partial charge is 0.241 e. The lowest BCUT2D eigenvalue weighted by Gasteiger charge is -2.21. The Labute approximate surface area is 156 Å². The third-order valence-corrected chi connectivity index (χ3v) is 4.38. The van der Waals surface area contributed by atoms with Gasteiger partial charge in [0.25, 0.3) is 0 Å². The normalized spacial score (nSPS) is 13.2. The maximum atomic E-state index is 13.7. The Kier molecular flexibility index (Phi) is 6.64. The minimum absolute atomic E-state index is 0.0390. The second kappa shape index (κ2) is 8.52. The zero-order valence-corrected chi connectivity index (χ0v) is 15.6. The molecule has 2 aromatic rings. The summed E-state index contributed by atoms with van der Waals surface area (Å²) in [7, 11) is 1.53. The molecule has 25 heavy (non-hydrogen) atoms. The van der Waals surface area contributed by atoms with E-state index in [-0.39, 0.29) is 17.0 Å². The number of para-hydroxylation sites is 2. The third kappa shape index (κ3) is 4.84. The molecule has 2 atom stereocenters. The van der Waals surface area contributed by atoms with Gasteiger partial charge in [-0.15, -0.1) is 0 Å². The average Bonchev–Trinajstić information content (AvgIpc) is 2.58. The first kappa shape index (κ1) is 19.5. The summed E-state index contributed by atoms with van der Waals surface area (Å²) in [5, 5.41) is 6.19. The largest absolute Gasteiger partial charge is 0.495 e. The van der Waals surface area contributed by atoms with Crippen molar-refractivity contribution in [3.05, 3.63) is 57.8 Å². The van der Waals surface area contributed by atoms with Crippen LogP contribution in [-0.4, -0.2) is 19.1 Å². The summed E-state index contributed by atoms with van der Waals surface area (Å²) in [6.07, 6.45) is 0. The molecular weight excluding hydrogens is 366 g/mol. The summed E-state index contributed by atoms with van der Waals surface area (Å²) in [5.74, 6) is -0.235. The maximum absolute atomic E-state index is 13.7. The predicted octanol–water partition coefficient (Wildman–Crippen LogP) is 4.82. The van der Waals surface area contributed by atoms with Gasteiger partial charge in [0.1, 0.15) is 11.6 Å². The van der Waals surface area contributed by atoms with Gasteiger partial charge in [-0.1, -0.05) is 35.3 Å². The van der Waals surface area contributed by atoms with E-state index in [1.807, 2.05) is 6.07 Å². The zero-order chi connectivity index (χ0) is 18.6. The van der Waals surface area contributed by atoms with Crippen LogP contribution in [0.25, 0.3) is 0 Å². The van der Waals surface area contributed by atoms with Crippen molar-refractivity contribution in [1.29, 1.82) is 0 Å². The Morgan fingerprint density at radius 2 is 1.84 bits per heavy atom. The second-order valence-corrected chi connectivity index (χ2v) is 6.40. The molecule has 0 saturated heterocycles. The number of carbonyl (C=O) groups is 1. The van der Waals surface area contributed by atoms with Gasteiger partial charge in [0.15, 0.2) is 0 Å². The van der Waals surface area contributed by atoms with Crippen molar-refractivity contribution >= 4 is 34.8 Å². The fraction of sp³-hybridized carbons (Fsp3) is 0.278. The lowest BCUT2D eigenvalue weighted by Crippen LogP contribution is -2.39. The van der Waals surface area contributed by atoms with Gasteiger partial charge >= 0.3 is 0 Å². The molecule has 0 aliphatic carbocycles. The fourth-order valence-electron chi connectivity index (χ4n) is 2.40. The van der Waals surface area contributed by atoms with E-state index in [0.29, 0.717) is 22.0 Å². The molecule has 0 bridgehead atoms. The van der Waals surface area contributed by atoms with Gasteiger partial charge in [0.05, 0.1) is 23.9 Å². The Hall–Kier alpha value is -1.82. The van der Waals surface area contributed by atoms with Gasteiger partial charge in [0.2, 0.25) is 5.91 Å². The van der Waals surface area contributed by atoms with Crippen molar-refractivity contribution in [1.82, 2.24) is 5.32 Å². The van der Waals surface area contributed by atoms with Crippen LogP contribution < -0.4 is 15.4 Å². The SMILES string of the molecule is COc1ccccc1NC(=O)[C@@H](C)N[C@@H](C)c1cc(F)c(Cl)cc1Cl. The lowest BCUT2D eigenvalue weighted by molar-refractivity contribution is -0.117. The molecule has 0 aliphatic rings. The molecule has 134 valence electrons. The monoisotopic (exact) mass is 384 g/mol. The molecule has 2 N–H and O–H groups in total. The van der Waals surface area contributed by atoms with Crippen LogP contribution in [0.3, 0.4) is 0 Å². The van der Waals surface area contributed by atoms with Crippen molar-refractivity contribution in [2.75, 3.05) is 12.4 Å². The Bertz CT molecular complexity index is 771. The van der Waals surface area contributed by atoms with E-state index >= 15 is 0 Å². The highest BCUT2D eigenvalue weighted by atomic mass is 35.5. The quantitative estimate of drug-likeness (QED) is 0.701. The van der Waals surface area contributed by atoms with Crippen LogP contribution in [-0.2, 0) is 4.79 Å². The first-order valence-electron chi connectivity index (χ1n) is 7.67. The Balaban J connectivity index is 2.07. The number of methoxy groups -OCH3 is 1. The lowest BCUT2D eigenvalue weighted by atomic mass is 10.1. The molecule has 0 spiro atoms. The molecule has 2 rings (SSSR count). The topological polar surface area (TPSA) is 50.4 Å². The van der Waals surface area contributed by atoms with E-state index in [2.05, 4.69) is 10.6 Å². The van der Waals surface area contributed by atoms with E-state index in [0.717, 1.165) is 0 Å². The van der Waals surface area contributed by atoms with Crippen LogP contribution in [0.15, 0.2) is 36.4 Å². The second-order valence-electron chi connectivity index (χ2n) is 5.59. The first-order valence-corrected chi connectivity index (χ1v) is 8.43.